The van der Waals surface area contributed by atoms with Crippen molar-refractivity contribution in [2.24, 2.45) is 0 Å². The highest BCUT2D eigenvalue weighted by atomic mass is 35.5. The molecular formula is C12H12ClN3O3. The second-order valence-corrected chi connectivity index (χ2v) is 4.29. The molecule has 100 valence electrons. The first-order valence-corrected chi connectivity index (χ1v) is 6.02. The number of carbonyl (C=O) groups excluding carboxylic acids is 1. The van der Waals surface area contributed by atoms with Crippen LogP contribution in [0, 0.1) is 0 Å². The minimum Gasteiger partial charge on any atom is -0.475 e. The zero-order chi connectivity index (χ0) is 14.2. The molecule has 0 saturated heterocycles. The summed E-state index contributed by atoms with van der Waals surface area (Å²) in [5.41, 5.74) is 1.30. The number of nitrogens with zero attached hydrogens (tertiary/aromatic N) is 2. The molecule has 2 N–H and O–H groups in total. The van der Waals surface area contributed by atoms with Crippen LogP contribution in [0.1, 0.15) is 27.9 Å². The lowest BCUT2D eigenvalue weighted by Gasteiger charge is -2.05. The third kappa shape index (κ3) is 2.15. The maximum atomic E-state index is 11.6. The van der Waals surface area contributed by atoms with E-state index in [0.29, 0.717) is 17.6 Å². The van der Waals surface area contributed by atoms with Crippen LogP contribution in [-0.2, 0) is 6.54 Å². The number of halogens is 1. The van der Waals surface area contributed by atoms with E-state index in [2.05, 4.69) is 10.3 Å². The standard InChI is InChI=1S/C12H12ClN3O3/c1-3-16-9-5-7(13)6(11(17)14-2)4-8(9)15-10(16)12(18)19/h4-5H,3H2,1-2H3,(H,14,17)(H,18,19). The SMILES string of the molecule is CCn1c(C(=O)O)nc2cc(C(=O)NC)c(Cl)cc21. The number of aromatic nitrogens is 2. The number of carbonyl (C=O) groups is 2. The Morgan fingerprint density at radius 1 is 1.47 bits per heavy atom. The van der Waals surface area contributed by atoms with Crippen LogP contribution in [0.15, 0.2) is 12.1 Å². The van der Waals surface area contributed by atoms with E-state index in [1.807, 2.05) is 6.92 Å². The van der Waals surface area contributed by atoms with Gasteiger partial charge in [0.05, 0.1) is 21.6 Å². The Labute approximate surface area is 114 Å². The van der Waals surface area contributed by atoms with Crippen LogP contribution in [0.3, 0.4) is 0 Å². The van der Waals surface area contributed by atoms with Gasteiger partial charge in [-0.1, -0.05) is 11.6 Å². The van der Waals surface area contributed by atoms with Crippen LogP contribution in [0.25, 0.3) is 11.0 Å². The lowest BCUT2D eigenvalue weighted by molar-refractivity contribution is 0.0679. The minimum atomic E-state index is -1.12. The molecule has 1 heterocycles. The van der Waals surface area contributed by atoms with Crippen molar-refractivity contribution in [1.82, 2.24) is 14.9 Å². The van der Waals surface area contributed by atoms with E-state index in [1.165, 1.54) is 17.7 Å². The maximum absolute atomic E-state index is 11.6. The van der Waals surface area contributed by atoms with Crippen molar-refractivity contribution in [1.29, 1.82) is 0 Å². The van der Waals surface area contributed by atoms with Gasteiger partial charge in [0.1, 0.15) is 0 Å². The molecular weight excluding hydrogens is 270 g/mol. The van der Waals surface area contributed by atoms with Gasteiger partial charge in [-0.25, -0.2) is 9.78 Å². The van der Waals surface area contributed by atoms with Crippen molar-refractivity contribution in [3.63, 3.8) is 0 Å². The van der Waals surface area contributed by atoms with E-state index in [-0.39, 0.29) is 22.3 Å². The lowest BCUT2D eigenvalue weighted by Crippen LogP contribution is -2.18. The summed E-state index contributed by atoms with van der Waals surface area (Å²) in [4.78, 5) is 26.8. The molecule has 1 aromatic heterocycles. The molecule has 19 heavy (non-hydrogen) atoms. The summed E-state index contributed by atoms with van der Waals surface area (Å²) < 4.78 is 1.54. The fourth-order valence-electron chi connectivity index (χ4n) is 1.94. The van der Waals surface area contributed by atoms with Gasteiger partial charge in [-0.2, -0.15) is 0 Å². The number of rotatable bonds is 3. The van der Waals surface area contributed by atoms with Gasteiger partial charge < -0.3 is 15.0 Å². The molecule has 0 atom stereocenters. The number of hydrogen-bond donors (Lipinski definition) is 2. The molecule has 0 aliphatic heterocycles. The Bertz CT molecular complexity index is 678. The predicted octanol–water partition coefficient (Wildman–Crippen LogP) is 1.77. The molecule has 2 aromatic rings. The van der Waals surface area contributed by atoms with Crippen LogP contribution in [0.4, 0.5) is 0 Å². The van der Waals surface area contributed by atoms with Crippen molar-refractivity contribution in [3.8, 4) is 0 Å². The summed E-state index contributed by atoms with van der Waals surface area (Å²) in [6.45, 7) is 2.27. The van der Waals surface area contributed by atoms with Gasteiger partial charge >= 0.3 is 5.97 Å². The van der Waals surface area contributed by atoms with E-state index in [4.69, 9.17) is 16.7 Å². The fraction of sp³-hybridized carbons (Fsp3) is 0.250. The zero-order valence-electron chi connectivity index (χ0n) is 10.4. The number of carboxylic acids is 1. The first kappa shape index (κ1) is 13.4. The number of amides is 1. The Morgan fingerprint density at radius 2 is 2.16 bits per heavy atom. The first-order valence-electron chi connectivity index (χ1n) is 5.64. The van der Waals surface area contributed by atoms with E-state index < -0.39 is 5.97 Å². The maximum Gasteiger partial charge on any atom is 0.372 e. The molecule has 0 aliphatic rings. The quantitative estimate of drug-likeness (QED) is 0.898. The molecule has 1 amide bonds. The number of imidazole rings is 1. The topological polar surface area (TPSA) is 84.2 Å². The van der Waals surface area contributed by atoms with Crippen molar-refractivity contribution in [2.45, 2.75) is 13.5 Å². The van der Waals surface area contributed by atoms with Crippen LogP contribution in [0.5, 0.6) is 0 Å². The Hall–Kier alpha value is -2.08. The van der Waals surface area contributed by atoms with E-state index in [1.54, 1.807) is 6.07 Å². The van der Waals surface area contributed by atoms with Crippen LogP contribution in [0.2, 0.25) is 5.02 Å². The molecule has 0 aliphatic carbocycles. The Balaban J connectivity index is 2.75. The highest BCUT2D eigenvalue weighted by Crippen LogP contribution is 2.25. The van der Waals surface area contributed by atoms with Crippen molar-refractivity contribution >= 4 is 34.5 Å². The predicted molar refractivity (Wildman–Crippen MR) is 70.8 cm³/mol. The van der Waals surface area contributed by atoms with Crippen molar-refractivity contribution < 1.29 is 14.7 Å². The van der Waals surface area contributed by atoms with E-state index in [0.717, 1.165) is 0 Å². The monoisotopic (exact) mass is 281 g/mol. The Kier molecular flexibility index (Phi) is 3.44. The number of hydrogen-bond acceptors (Lipinski definition) is 3. The van der Waals surface area contributed by atoms with Crippen molar-refractivity contribution in [3.05, 3.63) is 28.5 Å². The number of aromatic carboxylic acids is 1. The minimum absolute atomic E-state index is 0.0670. The fourth-order valence-corrected chi connectivity index (χ4v) is 2.18. The average Bonchev–Trinajstić information content (AvgIpc) is 2.74. The number of benzene rings is 1. The number of carboxylic acid groups (broad SMARTS) is 1. The smallest absolute Gasteiger partial charge is 0.372 e. The van der Waals surface area contributed by atoms with E-state index in [9.17, 15) is 9.59 Å². The summed E-state index contributed by atoms with van der Waals surface area (Å²) in [7, 11) is 1.50. The molecule has 0 fully saturated rings. The zero-order valence-corrected chi connectivity index (χ0v) is 11.2. The first-order chi connectivity index (χ1) is 8.99. The molecule has 0 radical (unpaired) electrons. The van der Waals surface area contributed by atoms with Gasteiger partial charge in [0.2, 0.25) is 5.82 Å². The molecule has 6 nitrogen and oxygen atoms in total. The van der Waals surface area contributed by atoms with Crippen LogP contribution in [-0.4, -0.2) is 33.6 Å². The highest BCUT2D eigenvalue weighted by molar-refractivity contribution is 6.34. The third-order valence-electron chi connectivity index (χ3n) is 2.82. The molecule has 0 bridgehead atoms. The molecule has 0 unspecified atom stereocenters. The molecule has 2 rings (SSSR count). The number of nitrogens with one attached hydrogen (secondary N) is 1. The highest BCUT2D eigenvalue weighted by Gasteiger charge is 2.19. The molecule has 7 heteroatoms. The summed E-state index contributed by atoms with van der Waals surface area (Å²) in [6.07, 6.45) is 0. The normalized spacial score (nSPS) is 10.7. The van der Waals surface area contributed by atoms with Gasteiger partial charge in [-0.05, 0) is 19.1 Å². The van der Waals surface area contributed by atoms with Gasteiger partial charge in [0, 0.05) is 13.6 Å². The number of fused-ring (bicyclic) bond motifs is 1. The second kappa shape index (κ2) is 4.89. The summed E-state index contributed by atoms with van der Waals surface area (Å²) in [6, 6.07) is 3.06. The van der Waals surface area contributed by atoms with Gasteiger partial charge in [-0.15, -0.1) is 0 Å². The Morgan fingerprint density at radius 3 is 2.68 bits per heavy atom. The lowest BCUT2D eigenvalue weighted by atomic mass is 10.2. The molecule has 0 saturated carbocycles. The van der Waals surface area contributed by atoms with Gasteiger partial charge in [0.25, 0.3) is 5.91 Å². The second-order valence-electron chi connectivity index (χ2n) is 3.88. The van der Waals surface area contributed by atoms with Crippen molar-refractivity contribution in [2.75, 3.05) is 7.05 Å². The molecule has 0 spiro atoms. The van der Waals surface area contributed by atoms with Crippen LogP contribution >= 0.6 is 11.6 Å². The summed E-state index contributed by atoms with van der Waals surface area (Å²) in [5, 5.41) is 11.8. The van der Waals surface area contributed by atoms with Gasteiger partial charge in [0.15, 0.2) is 0 Å². The average molecular weight is 282 g/mol. The third-order valence-corrected chi connectivity index (χ3v) is 3.13. The van der Waals surface area contributed by atoms with E-state index >= 15 is 0 Å². The van der Waals surface area contributed by atoms with Gasteiger partial charge in [-0.3, -0.25) is 4.79 Å². The molecule has 1 aromatic carbocycles. The number of aryl methyl sites for hydroxylation is 1. The summed E-state index contributed by atoms with van der Waals surface area (Å²) >= 11 is 6.05. The van der Waals surface area contributed by atoms with Crippen LogP contribution < -0.4 is 5.32 Å². The largest absolute Gasteiger partial charge is 0.475 e. The summed E-state index contributed by atoms with van der Waals surface area (Å²) in [5.74, 6) is -1.52.